The molecule has 0 aromatic heterocycles. The van der Waals surface area contributed by atoms with E-state index in [0.29, 0.717) is 0 Å². The molecule has 5 heteroatoms. The van der Waals surface area contributed by atoms with Gasteiger partial charge in [-0.2, -0.15) is 5.26 Å². The quantitative estimate of drug-likeness (QED) is 0.321. The van der Waals surface area contributed by atoms with Crippen LogP contribution in [0, 0.1) is 11.3 Å². The van der Waals surface area contributed by atoms with E-state index in [2.05, 4.69) is 4.52 Å². The van der Waals surface area contributed by atoms with Crippen LogP contribution in [0.4, 0.5) is 0 Å². The molecule has 0 heterocycles. The summed E-state index contributed by atoms with van der Waals surface area (Å²) in [5, 5.41) is 7.81. The van der Waals surface area contributed by atoms with Crippen molar-refractivity contribution in [2.24, 2.45) is 0 Å². The van der Waals surface area contributed by atoms with Crippen molar-refractivity contribution in [1.29, 1.82) is 5.26 Å². The van der Waals surface area contributed by atoms with Crippen molar-refractivity contribution in [2.75, 3.05) is 0 Å². The monoisotopic (exact) mass is 133 g/mol. The zero-order chi connectivity index (χ0) is 6.41. The van der Waals surface area contributed by atoms with Crippen LogP contribution in [-0.4, -0.2) is 9.79 Å². The molecule has 0 aliphatic heterocycles. The molecule has 0 radical (unpaired) electrons. The molecule has 8 heavy (non-hydrogen) atoms. The Balaban J connectivity index is 3.19. The zero-order valence-corrected chi connectivity index (χ0v) is 4.75. The van der Waals surface area contributed by atoms with E-state index >= 15 is 0 Å². The molecule has 44 valence electrons. The van der Waals surface area contributed by atoms with Gasteiger partial charge in [-0.05, 0) is 0 Å². The first-order valence-electron chi connectivity index (χ1n) is 1.66. The number of rotatable bonds is 2. The Kier molecular flexibility index (Phi) is 4.19. The molecule has 2 N–H and O–H groups in total. The van der Waals surface area contributed by atoms with Crippen molar-refractivity contribution in [3.05, 3.63) is 12.3 Å². The predicted molar refractivity (Wildman–Crippen MR) is 27.2 cm³/mol. The van der Waals surface area contributed by atoms with E-state index in [1.165, 1.54) is 0 Å². The van der Waals surface area contributed by atoms with Gasteiger partial charge in [0.2, 0.25) is 0 Å². The maximum atomic E-state index is 8.02. The lowest BCUT2D eigenvalue weighted by Crippen LogP contribution is -1.68. The van der Waals surface area contributed by atoms with Crippen LogP contribution >= 0.6 is 8.60 Å². The van der Waals surface area contributed by atoms with Gasteiger partial charge in [0.1, 0.15) is 6.26 Å². The van der Waals surface area contributed by atoms with Crippen LogP contribution in [0.5, 0.6) is 0 Å². The molecule has 0 fully saturated rings. The van der Waals surface area contributed by atoms with E-state index in [0.717, 1.165) is 12.3 Å². The smallest absolute Gasteiger partial charge is 0.390 e. The van der Waals surface area contributed by atoms with E-state index in [1.807, 2.05) is 0 Å². The fourth-order valence-corrected chi connectivity index (χ4v) is 0.285. The second kappa shape index (κ2) is 4.54. The molecule has 0 saturated carbocycles. The highest BCUT2D eigenvalue weighted by Crippen LogP contribution is 2.23. The lowest BCUT2D eigenvalue weighted by atomic mass is 10.7. The third-order valence-electron chi connectivity index (χ3n) is 0.298. The molecule has 0 aliphatic rings. The second-order valence-corrected chi connectivity index (χ2v) is 1.51. The van der Waals surface area contributed by atoms with Crippen molar-refractivity contribution >= 4 is 8.60 Å². The van der Waals surface area contributed by atoms with Crippen molar-refractivity contribution in [1.82, 2.24) is 0 Å². The van der Waals surface area contributed by atoms with Gasteiger partial charge in [-0.3, -0.25) is 0 Å². The topological polar surface area (TPSA) is 73.5 Å². The summed E-state index contributed by atoms with van der Waals surface area (Å²) in [6.07, 6.45) is 1.92. The van der Waals surface area contributed by atoms with E-state index in [1.54, 1.807) is 6.07 Å². The summed E-state index contributed by atoms with van der Waals surface area (Å²) in [4.78, 5) is 16.0. The normalized spacial score (nSPS) is 9.75. The molecular formula is C3H4NO3P. The van der Waals surface area contributed by atoms with Crippen molar-refractivity contribution in [3.63, 3.8) is 0 Å². The first-order valence-corrected chi connectivity index (χ1v) is 2.83. The molecule has 0 rings (SSSR count). The van der Waals surface area contributed by atoms with Gasteiger partial charge in [-0.15, -0.1) is 0 Å². The lowest BCUT2D eigenvalue weighted by molar-refractivity contribution is 0.343. The van der Waals surface area contributed by atoms with Crippen LogP contribution in [-0.2, 0) is 4.52 Å². The molecule has 4 nitrogen and oxygen atoms in total. The van der Waals surface area contributed by atoms with Gasteiger partial charge in [0.05, 0.1) is 12.1 Å². The van der Waals surface area contributed by atoms with Gasteiger partial charge in [0.15, 0.2) is 0 Å². The summed E-state index contributed by atoms with van der Waals surface area (Å²) in [6.45, 7) is 0. The fraction of sp³-hybridized carbons (Fsp3) is 0. The predicted octanol–water partition coefficient (Wildman–Crippen LogP) is 0.252. The van der Waals surface area contributed by atoms with Crippen LogP contribution in [0.15, 0.2) is 12.3 Å². The number of hydrogen-bond acceptors (Lipinski definition) is 4. The summed E-state index contributed by atoms with van der Waals surface area (Å²) in [5.41, 5.74) is 0. The molecule has 0 spiro atoms. The van der Waals surface area contributed by atoms with Gasteiger partial charge in [-0.1, -0.05) is 0 Å². The van der Waals surface area contributed by atoms with Crippen LogP contribution < -0.4 is 0 Å². The highest BCUT2D eigenvalue weighted by Gasteiger charge is 1.91. The van der Waals surface area contributed by atoms with E-state index in [-0.39, 0.29) is 0 Å². The van der Waals surface area contributed by atoms with Crippen molar-refractivity contribution < 1.29 is 14.3 Å². The summed E-state index contributed by atoms with van der Waals surface area (Å²) in [5.74, 6) is 0. The van der Waals surface area contributed by atoms with E-state index in [4.69, 9.17) is 15.0 Å². The first kappa shape index (κ1) is 7.38. The Hall–Kier alpha value is -0.620. The highest BCUT2D eigenvalue weighted by atomic mass is 31.2. The molecule has 0 aromatic rings. The second-order valence-electron chi connectivity index (χ2n) is 0.790. The maximum absolute atomic E-state index is 8.02. The number of nitriles is 1. The molecule has 0 bridgehead atoms. The third kappa shape index (κ3) is 5.38. The Bertz CT molecular complexity index is 116. The Labute approximate surface area is 47.6 Å². The average molecular weight is 133 g/mol. The van der Waals surface area contributed by atoms with Crippen LogP contribution in [0.1, 0.15) is 0 Å². The number of nitrogens with zero attached hydrogens (tertiary/aromatic N) is 1. The van der Waals surface area contributed by atoms with Crippen molar-refractivity contribution in [3.8, 4) is 6.07 Å². The highest BCUT2D eigenvalue weighted by molar-refractivity contribution is 7.39. The minimum Gasteiger partial charge on any atom is -0.434 e. The van der Waals surface area contributed by atoms with Gasteiger partial charge in [0, 0.05) is 0 Å². The minimum absolute atomic E-state index is 0.922. The number of allylic oxidation sites excluding steroid dienone is 1. The Morgan fingerprint density at radius 3 is 2.62 bits per heavy atom. The van der Waals surface area contributed by atoms with Gasteiger partial charge < -0.3 is 14.3 Å². The average Bonchev–Trinajstić information content (AvgIpc) is 1.66. The standard InChI is InChI=1S/C3H4NO3P/c4-2-1-3-7-8(5)6/h1,3,5-6H/b3-1-. The molecule has 0 aromatic carbocycles. The largest absolute Gasteiger partial charge is 0.434 e. The zero-order valence-electron chi connectivity index (χ0n) is 3.85. The summed E-state index contributed by atoms with van der Waals surface area (Å²) in [7, 11) is -2.35. The molecular weight excluding hydrogens is 129 g/mol. The Morgan fingerprint density at radius 1 is 1.62 bits per heavy atom. The summed E-state index contributed by atoms with van der Waals surface area (Å²) in [6, 6.07) is 1.61. The first-order chi connectivity index (χ1) is 3.77. The Morgan fingerprint density at radius 2 is 2.25 bits per heavy atom. The van der Waals surface area contributed by atoms with E-state index < -0.39 is 8.60 Å². The van der Waals surface area contributed by atoms with E-state index in [9.17, 15) is 0 Å². The lowest BCUT2D eigenvalue weighted by Gasteiger charge is -1.94. The SMILES string of the molecule is N#C/C=C\OP(O)O. The summed E-state index contributed by atoms with van der Waals surface area (Å²) < 4.78 is 4.06. The maximum Gasteiger partial charge on any atom is 0.390 e. The van der Waals surface area contributed by atoms with Crippen molar-refractivity contribution in [2.45, 2.75) is 0 Å². The third-order valence-corrected chi connectivity index (χ3v) is 0.608. The molecule has 0 atom stereocenters. The fourth-order valence-electron chi connectivity index (χ4n) is 0.115. The van der Waals surface area contributed by atoms with Gasteiger partial charge in [-0.25, -0.2) is 0 Å². The number of hydrogen-bond donors (Lipinski definition) is 2. The molecule has 0 saturated heterocycles. The van der Waals surface area contributed by atoms with Crippen LogP contribution in [0.3, 0.4) is 0 Å². The minimum atomic E-state index is -2.35. The summed E-state index contributed by atoms with van der Waals surface area (Å²) >= 11 is 0. The van der Waals surface area contributed by atoms with Gasteiger partial charge in [0.25, 0.3) is 0 Å². The molecule has 0 amide bonds. The molecule has 0 unspecified atom stereocenters. The molecule has 0 aliphatic carbocycles. The van der Waals surface area contributed by atoms with Gasteiger partial charge >= 0.3 is 8.60 Å². The van der Waals surface area contributed by atoms with Crippen LogP contribution in [0.25, 0.3) is 0 Å². The van der Waals surface area contributed by atoms with Crippen LogP contribution in [0.2, 0.25) is 0 Å².